The lowest BCUT2D eigenvalue weighted by atomic mass is 9.66. The van der Waals surface area contributed by atoms with E-state index in [2.05, 4.69) is 286 Å². The Morgan fingerprint density at radius 2 is 0.355 bits per heavy atom. The zero-order valence-electron chi connectivity index (χ0n) is 102. The van der Waals surface area contributed by atoms with Crippen LogP contribution in [0.25, 0.3) is 0 Å². The molecule has 10 fully saturated rings. The zero-order valence-corrected chi connectivity index (χ0v) is 102. The fraction of sp³-hybridized carbons (Fsp3) is 0.783. The summed E-state index contributed by atoms with van der Waals surface area (Å²) >= 11 is 0. The summed E-state index contributed by atoms with van der Waals surface area (Å²) in [6.45, 7) is 110. The molecule has 0 heteroatoms. The molecule has 0 aliphatic heterocycles. The first-order valence-corrected chi connectivity index (χ1v) is 59.6. The van der Waals surface area contributed by atoms with Crippen LogP contribution >= 0.6 is 0 Å². The van der Waals surface area contributed by atoms with Gasteiger partial charge in [0.05, 0.1) is 0 Å². The van der Waals surface area contributed by atoms with Gasteiger partial charge in [-0.05, 0) is 389 Å². The van der Waals surface area contributed by atoms with E-state index in [9.17, 15) is 0 Å². The molecule has 0 aromatic heterocycles. The summed E-state index contributed by atoms with van der Waals surface area (Å²) in [6.07, 6.45) is 57.0. The van der Waals surface area contributed by atoms with Crippen LogP contribution in [-0.4, -0.2) is 0 Å². The molecule has 3 aromatic rings. The number of rotatable bonds is 0. The smallest absolute Gasteiger partial charge is 0.00861 e. The Kier molecular flexibility index (Phi) is 38.6. The van der Waals surface area contributed by atoms with Crippen molar-refractivity contribution in [1.29, 1.82) is 0 Å². The molecule has 0 N–H and O–H groups in total. The Labute approximate surface area is 862 Å². The maximum Gasteiger partial charge on any atom is -0.00861 e. The standard InChI is InChI=1S/C24H36.C24H38.C23H36.C19H30.2C18H28.6C2H6/c1-22(2,3)20-10-11-21(23(4,5)6)18-15-24(14-17(18)20)13-12-16-8-7-9-19(16)24;1-22(2,3)20-12-13-21(23(4,5)6)19-17-24(16-18(19)20)14-10-8-7-9-11-15-24;1-21(2,3)19-11-12-20(22(4,5)6)18-16-23(15-17(18)19)13-9-7-8-10-14-23;1-17(2,3)15-10-16(18(4,5)6)14-12-19(8-7-9-19)11-13(14)15;2*1-16(2,3)14-9-15(17(4,5)6)13-11-18(7-8-18)10-12(13)14;6*1-2/h10-11,16,19H,7-9,12-15H2,1-6H3;12-13H,7-11,14-17H2,1-6H3;11-12H,7-10,13-16H2,1-6H3;7-12H2,1-6H3;2*7-11H2,1-6H3;6*1-2H3. The van der Waals surface area contributed by atoms with Gasteiger partial charge in [0, 0.05) is 0 Å². The van der Waals surface area contributed by atoms with E-state index in [-0.39, 0.29) is 32.5 Å². The number of benzene rings is 3. The number of hydrogen-bond donors (Lipinski definition) is 0. The number of allylic oxidation sites excluding steroid dienone is 12. The van der Waals surface area contributed by atoms with E-state index in [1.807, 2.05) is 83.1 Å². The van der Waals surface area contributed by atoms with Crippen LogP contribution in [0, 0.1) is 76.8 Å². The lowest BCUT2D eigenvalue weighted by Crippen LogP contribution is -2.27. The van der Waals surface area contributed by atoms with E-state index in [1.54, 1.807) is 134 Å². The van der Waals surface area contributed by atoms with Crippen LogP contribution in [0.3, 0.4) is 0 Å². The van der Waals surface area contributed by atoms with Gasteiger partial charge in [-0.25, -0.2) is 0 Å². The molecule has 3 aromatic carbocycles. The fourth-order valence-corrected chi connectivity index (χ4v) is 29.4. The Bertz CT molecular complexity index is 4400. The van der Waals surface area contributed by atoms with Gasteiger partial charge < -0.3 is 0 Å². The number of hydrogen-bond acceptors (Lipinski definition) is 0. The highest BCUT2D eigenvalue weighted by molar-refractivity contribution is 5.60. The Balaban J connectivity index is 0.000000199. The molecule has 0 nitrogen and oxygen atoms in total. The zero-order chi connectivity index (χ0) is 105. The molecule has 10 saturated carbocycles. The van der Waals surface area contributed by atoms with E-state index >= 15 is 0 Å². The highest BCUT2D eigenvalue weighted by Gasteiger charge is 2.58. The molecule has 138 heavy (non-hydrogen) atoms. The summed E-state index contributed by atoms with van der Waals surface area (Å²) in [5.74, 6) is 2.07. The quantitative estimate of drug-likeness (QED) is 0.210. The van der Waals surface area contributed by atoms with Gasteiger partial charge in [-0.2, -0.15) is 0 Å². The molecule has 16 aliphatic rings. The van der Waals surface area contributed by atoms with Crippen molar-refractivity contribution in [2.45, 2.75) is 622 Å². The van der Waals surface area contributed by atoms with Crippen LogP contribution in [0.1, 0.15) is 617 Å². The molecular weight excluding hydrogens is 1660 g/mol. The van der Waals surface area contributed by atoms with Crippen LogP contribution in [0.5, 0.6) is 0 Å². The van der Waals surface area contributed by atoms with Crippen molar-refractivity contribution >= 4 is 0 Å². The molecule has 0 amide bonds. The molecule has 16 aliphatic carbocycles. The summed E-state index contributed by atoms with van der Waals surface area (Å²) in [6, 6.07) is 14.8. The maximum atomic E-state index is 2.47. The largest absolute Gasteiger partial charge is 0.0683 e. The van der Waals surface area contributed by atoms with E-state index in [0.29, 0.717) is 54.1 Å². The van der Waals surface area contributed by atoms with Crippen molar-refractivity contribution < 1.29 is 0 Å². The van der Waals surface area contributed by atoms with E-state index in [0.717, 1.165) is 22.7 Å². The van der Waals surface area contributed by atoms with Crippen LogP contribution in [0.4, 0.5) is 0 Å². The average Bonchev–Trinajstić information content (AvgIpc) is 1.55. The van der Waals surface area contributed by atoms with Crippen molar-refractivity contribution in [3.05, 3.63) is 170 Å². The van der Waals surface area contributed by atoms with Crippen molar-refractivity contribution in [2.75, 3.05) is 0 Å². The SMILES string of the molecule is CC.CC.CC.CC.CC.CC.CC(C)(C)C1=C2CC3(CC3)CC2=C(C(C)(C)C)C1.CC(C)(C)C1=C2CC3(CC3)CC2=C(C(C)(C)C)C1.CC(C)(C)C1=C2CC3(CCC3)CC2=C(C(C)(C)C)C1.CC(C)(C)c1ccc(C(C)(C)C)c2c1CC1(CCC3CCCC31)C2.CC(C)(C)c1ccc(C(C)(C)C)c2c1CC1(CCCCCC1)C2.CC(C)(C)c1ccc(C(C)(C)C)c2c1CC1(CCCCCCC1)C2. The Hall–Kier alpha value is -3.90. The van der Waals surface area contributed by atoms with Gasteiger partial charge in [-0.3, -0.25) is 0 Å². The first-order valence-electron chi connectivity index (χ1n) is 59.6. The van der Waals surface area contributed by atoms with Gasteiger partial charge in [0.15, 0.2) is 0 Å². The Morgan fingerprint density at radius 3 is 0.536 bits per heavy atom. The average molecular weight is 1890 g/mol. The molecule has 0 heterocycles. The maximum absolute atomic E-state index is 2.47. The van der Waals surface area contributed by atoms with Crippen molar-refractivity contribution in [3.8, 4) is 0 Å². The van der Waals surface area contributed by atoms with Gasteiger partial charge in [0.1, 0.15) is 0 Å². The second-order valence-corrected chi connectivity index (χ2v) is 59.5. The van der Waals surface area contributed by atoms with Crippen LogP contribution in [0.15, 0.2) is 103 Å². The predicted octanol–water partition coefficient (Wildman–Crippen LogP) is 43.9. The van der Waals surface area contributed by atoms with Crippen LogP contribution in [-0.2, 0) is 71.0 Å². The first kappa shape index (κ1) is 119. The molecule has 0 saturated heterocycles. The third-order valence-corrected chi connectivity index (χ3v) is 36.9. The summed E-state index contributed by atoms with van der Waals surface area (Å²) in [7, 11) is 0. The van der Waals surface area contributed by atoms with E-state index in [4.69, 9.17) is 0 Å². The third kappa shape index (κ3) is 27.0. The summed E-state index contributed by atoms with van der Waals surface area (Å²) in [5.41, 5.74) is 49.0. The molecule has 784 valence electrons. The highest BCUT2D eigenvalue weighted by atomic mass is 14.6. The molecular formula is C138H232. The normalized spacial score (nSPS) is 23.0. The minimum Gasteiger partial charge on any atom is -0.0683 e. The Morgan fingerprint density at radius 1 is 0.174 bits per heavy atom. The number of fused-ring (bicyclic) bond motifs is 8. The van der Waals surface area contributed by atoms with Gasteiger partial charge in [0.2, 0.25) is 0 Å². The molecule has 2 unspecified atom stereocenters. The van der Waals surface area contributed by atoms with Gasteiger partial charge in [-0.15, -0.1) is 0 Å². The van der Waals surface area contributed by atoms with E-state index < -0.39 is 0 Å². The fourth-order valence-electron chi connectivity index (χ4n) is 29.4. The second-order valence-electron chi connectivity index (χ2n) is 59.5. The second kappa shape index (κ2) is 44.6. The van der Waals surface area contributed by atoms with Crippen molar-refractivity contribution in [2.24, 2.45) is 76.8 Å². The topological polar surface area (TPSA) is 0 Å². The molecule has 0 radical (unpaired) electrons. The van der Waals surface area contributed by atoms with E-state index in [1.165, 1.54) is 257 Å². The van der Waals surface area contributed by atoms with Crippen LogP contribution in [0.2, 0.25) is 0 Å². The predicted molar refractivity (Wildman–Crippen MR) is 619 cm³/mol. The molecule has 0 bridgehead atoms. The van der Waals surface area contributed by atoms with Gasteiger partial charge in [-0.1, -0.05) is 479 Å². The third-order valence-electron chi connectivity index (χ3n) is 36.9. The lowest BCUT2D eigenvalue weighted by molar-refractivity contribution is 0.152. The van der Waals surface area contributed by atoms with Gasteiger partial charge >= 0.3 is 0 Å². The van der Waals surface area contributed by atoms with Crippen molar-refractivity contribution in [3.63, 3.8) is 0 Å². The summed E-state index contributed by atoms with van der Waals surface area (Å²) in [5, 5.41) is 0. The van der Waals surface area contributed by atoms with Gasteiger partial charge in [0.25, 0.3) is 0 Å². The minimum atomic E-state index is 0.258. The summed E-state index contributed by atoms with van der Waals surface area (Å²) in [4.78, 5) is 0. The van der Waals surface area contributed by atoms with Crippen LogP contribution < -0.4 is 0 Å². The summed E-state index contributed by atoms with van der Waals surface area (Å²) < 4.78 is 0. The monoisotopic (exact) mass is 1890 g/mol. The molecule has 6 spiro atoms. The molecule has 19 rings (SSSR count). The highest BCUT2D eigenvalue weighted by Crippen LogP contribution is 2.70. The molecule has 2 atom stereocenters. The van der Waals surface area contributed by atoms with Crippen molar-refractivity contribution in [1.82, 2.24) is 0 Å². The first-order chi connectivity index (χ1) is 63.7. The lowest BCUT2D eigenvalue weighted by Gasteiger charge is -2.39. The minimum absolute atomic E-state index is 0.258.